The molecule has 1 aromatic carbocycles. The van der Waals surface area contributed by atoms with E-state index >= 15 is 0 Å². The molecule has 0 aromatic heterocycles. The molecule has 4 nitrogen and oxygen atoms in total. The van der Waals surface area contributed by atoms with Crippen molar-refractivity contribution in [2.75, 3.05) is 26.8 Å². The number of nitrogens with one attached hydrogen (secondary N) is 1. The highest BCUT2D eigenvalue weighted by Gasteiger charge is 2.38. The van der Waals surface area contributed by atoms with E-state index in [-0.39, 0.29) is 11.7 Å². The molecule has 0 aliphatic carbocycles. The Bertz CT molecular complexity index is 616. The van der Waals surface area contributed by atoms with Gasteiger partial charge >= 0.3 is 0 Å². The lowest BCUT2D eigenvalue weighted by Gasteiger charge is -2.41. The summed E-state index contributed by atoms with van der Waals surface area (Å²) in [6.07, 6.45) is 1.78. The van der Waals surface area contributed by atoms with Gasteiger partial charge in [0.2, 0.25) is 0 Å². The fourth-order valence-electron chi connectivity index (χ4n) is 2.67. The molecule has 2 aliphatic rings. The van der Waals surface area contributed by atoms with Crippen LogP contribution in [-0.2, 0) is 4.74 Å². The van der Waals surface area contributed by atoms with Crippen LogP contribution in [0.4, 0.5) is 4.39 Å². The number of rotatable bonds is 3. The molecular formula is C16H19ClFN3O. The predicted octanol–water partition coefficient (Wildman–Crippen LogP) is 2.67. The zero-order valence-electron chi connectivity index (χ0n) is 12.6. The van der Waals surface area contributed by atoms with Crippen molar-refractivity contribution in [3.8, 4) is 0 Å². The molecule has 1 N–H and O–H groups in total. The lowest BCUT2D eigenvalue weighted by molar-refractivity contribution is 0.120. The summed E-state index contributed by atoms with van der Waals surface area (Å²) in [5.74, 6) is -0.246. The third kappa shape index (κ3) is 2.76. The van der Waals surface area contributed by atoms with Crippen LogP contribution in [0.2, 0.25) is 0 Å². The second-order valence-electron chi connectivity index (χ2n) is 5.54. The molecule has 3 rings (SSSR count). The number of alkyl halides is 1. The van der Waals surface area contributed by atoms with E-state index in [9.17, 15) is 4.39 Å². The van der Waals surface area contributed by atoms with Gasteiger partial charge < -0.3 is 10.1 Å². The second kappa shape index (κ2) is 5.99. The molecule has 6 heteroatoms. The molecule has 0 bridgehead atoms. The normalized spacial score (nSPS) is 27.8. The standard InChI is InChI=1S/C16H19ClFN3O/c1-3-21(2)16(17)19-8-12-9-22-10-14(15(12)20-16)11-4-6-13(18)7-5-11/h4-8,14,20H,3,9-10H2,1-2H3. The number of ether oxygens (including phenoxy) is 1. The zero-order valence-corrected chi connectivity index (χ0v) is 13.4. The Balaban J connectivity index is 1.94. The van der Waals surface area contributed by atoms with Gasteiger partial charge in [0.05, 0.1) is 13.2 Å². The van der Waals surface area contributed by atoms with Gasteiger partial charge in [-0.2, -0.15) is 0 Å². The lowest BCUT2D eigenvalue weighted by atomic mass is 9.91. The van der Waals surface area contributed by atoms with Crippen molar-refractivity contribution >= 4 is 17.8 Å². The van der Waals surface area contributed by atoms with E-state index in [1.807, 2.05) is 18.9 Å². The molecule has 118 valence electrons. The minimum absolute atomic E-state index is 0.000480. The van der Waals surface area contributed by atoms with Crippen LogP contribution in [0.25, 0.3) is 0 Å². The van der Waals surface area contributed by atoms with Crippen molar-refractivity contribution in [2.24, 2.45) is 4.99 Å². The Morgan fingerprint density at radius 1 is 1.45 bits per heavy atom. The van der Waals surface area contributed by atoms with Crippen molar-refractivity contribution in [3.05, 3.63) is 46.9 Å². The maximum absolute atomic E-state index is 13.2. The summed E-state index contributed by atoms with van der Waals surface area (Å²) in [5, 5.41) is 2.36. The number of halogens is 2. The summed E-state index contributed by atoms with van der Waals surface area (Å²) < 4.78 is 18.8. The summed E-state index contributed by atoms with van der Waals surface area (Å²) in [6.45, 7) is 3.82. The molecule has 2 unspecified atom stereocenters. The van der Waals surface area contributed by atoms with E-state index in [2.05, 4.69) is 10.3 Å². The zero-order chi connectivity index (χ0) is 15.7. The minimum atomic E-state index is -0.983. The molecule has 1 aromatic rings. The van der Waals surface area contributed by atoms with Crippen LogP contribution >= 0.6 is 11.6 Å². The second-order valence-corrected chi connectivity index (χ2v) is 6.07. The third-order valence-corrected chi connectivity index (χ3v) is 4.65. The topological polar surface area (TPSA) is 36.9 Å². The van der Waals surface area contributed by atoms with Gasteiger partial charge in [-0.15, -0.1) is 0 Å². The van der Waals surface area contributed by atoms with Gasteiger partial charge in [0.15, 0.2) is 0 Å². The molecular weight excluding hydrogens is 305 g/mol. The first-order chi connectivity index (χ1) is 10.5. The van der Waals surface area contributed by atoms with Crippen LogP contribution in [0.1, 0.15) is 18.4 Å². The van der Waals surface area contributed by atoms with Gasteiger partial charge in [-0.3, -0.25) is 4.90 Å². The lowest BCUT2D eigenvalue weighted by Crippen LogP contribution is -2.54. The van der Waals surface area contributed by atoms with Gasteiger partial charge in [-0.05, 0) is 24.7 Å². The van der Waals surface area contributed by atoms with Crippen molar-refractivity contribution in [1.82, 2.24) is 10.2 Å². The average molecular weight is 324 g/mol. The minimum Gasteiger partial charge on any atom is -0.376 e. The number of benzene rings is 1. The fourth-order valence-corrected chi connectivity index (χ4v) is 2.94. The van der Waals surface area contributed by atoms with E-state index in [1.54, 1.807) is 18.3 Å². The Kier molecular flexibility index (Phi) is 4.21. The van der Waals surface area contributed by atoms with Gasteiger partial charge in [-0.1, -0.05) is 30.7 Å². The van der Waals surface area contributed by atoms with E-state index in [4.69, 9.17) is 16.3 Å². The first-order valence-electron chi connectivity index (χ1n) is 7.33. The van der Waals surface area contributed by atoms with Crippen LogP contribution in [-0.4, -0.2) is 43.2 Å². The third-order valence-electron chi connectivity index (χ3n) is 4.17. The van der Waals surface area contributed by atoms with Gasteiger partial charge in [0.25, 0.3) is 5.25 Å². The number of hydrogen-bond acceptors (Lipinski definition) is 4. The molecule has 0 spiro atoms. The Hall–Kier alpha value is -1.43. The number of nitrogens with zero attached hydrogens (tertiary/aromatic N) is 2. The Labute approximate surface area is 134 Å². The van der Waals surface area contributed by atoms with Crippen molar-refractivity contribution in [3.63, 3.8) is 0 Å². The van der Waals surface area contributed by atoms with Crippen LogP contribution in [0.5, 0.6) is 0 Å². The van der Waals surface area contributed by atoms with Crippen molar-refractivity contribution < 1.29 is 9.13 Å². The predicted molar refractivity (Wildman–Crippen MR) is 85.5 cm³/mol. The summed E-state index contributed by atoms with van der Waals surface area (Å²) in [5.41, 5.74) is 2.99. The highest BCUT2D eigenvalue weighted by Crippen LogP contribution is 2.34. The summed E-state index contributed by atoms with van der Waals surface area (Å²) in [6, 6.07) is 6.50. The van der Waals surface area contributed by atoms with Crippen molar-refractivity contribution in [1.29, 1.82) is 0 Å². The Morgan fingerprint density at radius 2 is 2.18 bits per heavy atom. The molecule has 2 atom stereocenters. The molecule has 2 aliphatic heterocycles. The molecule has 2 heterocycles. The monoisotopic (exact) mass is 323 g/mol. The first-order valence-corrected chi connectivity index (χ1v) is 7.71. The van der Waals surface area contributed by atoms with E-state index in [0.717, 1.165) is 23.4 Å². The van der Waals surface area contributed by atoms with E-state index in [0.29, 0.717) is 13.2 Å². The first kappa shape index (κ1) is 15.5. The SMILES string of the molecule is CCN(C)C1(Cl)N=CC2=C(N1)C(c1ccc(F)cc1)COC2. The largest absolute Gasteiger partial charge is 0.376 e. The molecule has 0 saturated heterocycles. The number of aliphatic imine (C=N–C) groups is 1. The van der Waals surface area contributed by atoms with Crippen LogP contribution in [0, 0.1) is 5.82 Å². The molecule has 0 fully saturated rings. The summed E-state index contributed by atoms with van der Waals surface area (Å²) >= 11 is 6.61. The van der Waals surface area contributed by atoms with Gasteiger partial charge in [0.1, 0.15) is 5.82 Å². The highest BCUT2D eigenvalue weighted by atomic mass is 35.5. The smallest absolute Gasteiger partial charge is 0.267 e. The summed E-state index contributed by atoms with van der Waals surface area (Å²) in [7, 11) is 1.91. The molecule has 0 saturated carbocycles. The Morgan fingerprint density at radius 3 is 2.86 bits per heavy atom. The van der Waals surface area contributed by atoms with Crippen LogP contribution in [0.3, 0.4) is 0 Å². The van der Waals surface area contributed by atoms with E-state index < -0.39 is 5.25 Å². The molecule has 0 amide bonds. The fraction of sp³-hybridized carbons (Fsp3) is 0.438. The maximum atomic E-state index is 13.2. The van der Waals surface area contributed by atoms with Crippen LogP contribution in [0.15, 0.2) is 40.5 Å². The van der Waals surface area contributed by atoms with Gasteiger partial charge in [0, 0.05) is 29.9 Å². The maximum Gasteiger partial charge on any atom is 0.267 e. The van der Waals surface area contributed by atoms with E-state index in [1.165, 1.54) is 12.1 Å². The summed E-state index contributed by atoms with van der Waals surface area (Å²) in [4.78, 5) is 6.34. The molecule has 0 radical (unpaired) electrons. The van der Waals surface area contributed by atoms with Gasteiger partial charge in [-0.25, -0.2) is 9.38 Å². The van der Waals surface area contributed by atoms with Crippen LogP contribution < -0.4 is 5.32 Å². The molecule has 22 heavy (non-hydrogen) atoms. The van der Waals surface area contributed by atoms with Crippen molar-refractivity contribution in [2.45, 2.75) is 18.1 Å². The highest BCUT2D eigenvalue weighted by molar-refractivity contribution is 6.24. The quantitative estimate of drug-likeness (QED) is 0.686. The average Bonchev–Trinajstić information content (AvgIpc) is 2.54. The number of hydrogen-bond donors (Lipinski definition) is 1.